The van der Waals surface area contributed by atoms with E-state index in [2.05, 4.69) is 21.2 Å². The molecule has 0 aromatic heterocycles. The van der Waals surface area contributed by atoms with Gasteiger partial charge in [0.1, 0.15) is 0 Å². The monoisotopic (exact) mass is 330 g/mol. The van der Waals surface area contributed by atoms with E-state index in [-0.39, 0.29) is 5.91 Å². The third-order valence-electron chi connectivity index (χ3n) is 3.33. The Labute approximate surface area is 121 Å². The maximum absolute atomic E-state index is 12.2. The van der Waals surface area contributed by atoms with Crippen molar-refractivity contribution in [3.8, 4) is 0 Å². The number of halogens is 2. The number of nitrogens with zero attached hydrogens (tertiary/aromatic N) is 1. The molecule has 1 N–H and O–H groups in total. The molecule has 1 atom stereocenters. The van der Waals surface area contributed by atoms with Crippen molar-refractivity contribution < 1.29 is 4.79 Å². The Balaban J connectivity index is 2.01. The summed E-state index contributed by atoms with van der Waals surface area (Å²) in [5.41, 5.74) is 0.974. The van der Waals surface area contributed by atoms with Crippen LogP contribution >= 0.6 is 27.5 Å². The van der Waals surface area contributed by atoms with Crippen molar-refractivity contribution >= 4 is 33.4 Å². The van der Waals surface area contributed by atoms with E-state index in [4.69, 9.17) is 11.6 Å². The third-order valence-corrected chi connectivity index (χ3v) is 4.31. The lowest BCUT2D eigenvalue weighted by atomic mass is 10.1. The fraction of sp³-hybridized carbons (Fsp3) is 0.462. The number of rotatable bonds is 3. The fourth-order valence-electron chi connectivity index (χ4n) is 2.13. The van der Waals surface area contributed by atoms with Crippen LogP contribution < -0.4 is 5.32 Å². The van der Waals surface area contributed by atoms with Gasteiger partial charge < -0.3 is 10.2 Å². The predicted octanol–water partition coefficient (Wildman–Crippen LogP) is 2.47. The molecule has 18 heavy (non-hydrogen) atoms. The molecule has 1 saturated heterocycles. The Hall–Kier alpha value is -0.580. The molecule has 0 saturated carbocycles. The zero-order valence-corrected chi connectivity index (χ0v) is 12.6. The lowest BCUT2D eigenvalue weighted by Gasteiger charge is -2.24. The summed E-state index contributed by atoms with van der Waals surface area (Å²) < 4.78 is 0.890. The van der Waals surface area contributed by atoms with E-state index in [0.717, 1.165) is 29.5 Å². The highest BCUT2D eigenvalue weighted by Crippen LogP contribution is 2.22. The maximum Gasteiger partial charge on any atom is 0.227 e. The topological polar surface area (TPSA) is 32.3 Å². The molecule has 1 amide bonds. The van der Waals surface area contributed by atoms with Gasteiger partial charge in [-0.15, -0.1) is 0 Å². The van der Waals surface area contributed by atoms with Gasteiger partial charge in [0.15, 0.2) is 0 Å². The molecule has 3 nitrogen and oxygen atoms in total. The second kappa shape index (κ2) is 6.04. The van der Waals surface area contributed by atoms with Crippen LogP contribution in [0, 0.1) is 0 Å². The van der Waals surface area contributed by atoms with Crippen molar-refractivity contribution in [1.82, 2.24) is 10.2 Å². The molecule has 1 aliphatic heterocycles. The molecular formula is C13H16BrClN2O. The summed E-state index contributed by atoms with van der Waals surface area (Å²) in [4.78, 5) is 14.0. The van der Waals surface area contributed by atoms with Crippen LogP contribution in [0.1, 0.15) is 12.0 Å². The second-order valence-corrected chi connectivity index (χ2v) is 5.85. The Morgan fingerprint density at radius 3 is 3.00 bits per heavy atom. The zero-order valence-electron chi connectivity index (χ0n) is 10.2. The summed E-state index contributed by atoms with van der Waals surface area (Å²) in [5, 5.41) is 3.94. The van der Waals surface area contributed by atoms with Gasteiger partial charge in [0.2, 0.25) is 5.91 Å². The molecule has 1 aromatic carbocycles. The average molecular weight is 332 g/mol. The van der Waals surface area contributed by atoms with Crippen molar-refractivity contribution in [3.63, 3.8) is 0 Å². The van der Waals surface area contributed by atoms with E-state index in [0.29, 0.717) is 17.5 Å². The molecular weight excluding hydrogens is 316 g/mol. The largest absolute Gasteiger partial charge is 0.341 e. The number of benzene rings is 1. The molecule has 0 aliphatic carbocycles. The lowest BCUT2D eigenvalue weighted by molar-refractivity contribution is -0.130. The van der Waals surface area contributed by atoms with Gasteiger partial charge in [-0.05, 0) is 30.7 Å². The quantitative estimate of drug-likeness (QED) is 0.923. The molecule has 5 heteroatoms. The summed E-state index contributed by atoms with van der Waals surface area (Å²) in [6.07, 6.45) is 1.44. The van der Waals surface area contributed by atoms with Crippen LogP contribution in [0.2, 0.25) is 5.02 Å². The number of carbonyl (C=O) groups excluding carboxylic acids is 1. The molecule has 1 heterocycles. The molecule has 1 fully saturated rings. The number of carbonyl (C=O) groups is 1. The molecule has 1 aromatic rings. The number of amides is 1. The Bertz CT molecular complexity index is 447. The highest BCUT2D eigenvalue weighted by Gasteiger charge is 2.23. The number of hydrogen-bond donors (Lipinski definition) is 1. The molecule has 0 unspecified atom stereocenters. The predicted molar refractivity (Wildman–Crippen MR) is 76.9 cm³/mol. The van der Waals surface area contributed by atoms with E-state index in [1.807, 2.05) is 30.1 Å². The van der Waals surface area contributed by atoms with Crippen LogP contribution in [0.4, 0.5) is 0 Å². The van der Waals surface area contributed by atoms with Gasteiger partial charge in [-0.25, -0.2) is 0 Å². The number of hydrogen-bond acceptors (Lipinski definition) is 2. The van der Waals surface area contributed by atoms with Crippen molar-refractivity contribution in [2.75, 3.05) is 20.1 Å². The second-order valence-electron chi connectivity index (χ2n) is 4.56. The Kier molecular flexibility index (Phi) is 4.65. The van der Waals surface area contributed by atoms with Crippen molar-refractivity contribution in [3.05, 3.63) is 33.3 Å². The molecule has 1 aliphatic rings. The van der Waals surface area contributed by atoms with Crippen molar-refractivity contribution in [2.24, 2.45) is 0 Å². The van der Waals surface area contributed by atoms with Crippen molar-refractivity contribution in [1.29, 1.82) is 0 Å². The van der Waals surface area contributed by atoms with E-state index < -0.39 is 0 Å². The highest BCUT2D eigenvalue weighted by molar-refractivity contribution is 9.10. The van der Waals surface area contributed by atoms with Gasteiger partial charge in [-0.3, -0.25) is 4.79 Å². The standard InChI is InChI=1S/C13H16BrClN2O/c1-17(11-4-5-16-8-11)13(18)6-9-2-3-10(15)7-12(9)14/h2-3,7,11,16H,4-6,8H2,1H3/t11-/m1/s1. The van der Waals surface area contributed by atoms with Crippen LogP contribution in [0.3, 0.4) is 0 Å². The first kappa shape index (κ1) is 13.8. The summed E-state index contributed by atoms with van der Waals surface area (Å²) in [6.45, 7) is 1.89. The Morgan fingerprint density at radius 2 is 2.39 bits per heavy atom. The molecule has 0 spiro atoms. The fourth-order valence-corrected chi connectivity index (χ4v) is 2.95. The first-order chi connectivity index (χ1) is 8.58. The van der Waals surface area contributed by atoms with Crippen molar-refractivity contribution in [2.45, 2.75) is 18.9 Å². The average Bonchev–Trinajstić information content (AvgIpc) is 2.85. The van der Waals surface area contributed by atoms with E-state index in [1.165, 1.54) is 0 Å². The maximum atomic E-state index is 12.2. The first-order valence-corrected chi connectivity index (χ1v) is 7.15. The van der Waals surface area contributed by atoms with Gasteiger partial charge in [0.05, 0.1) is 6.42 Å². The third kappa shape index (κ3) is 3.25. The van der Waals surface area contributed by atoms with Gasteiger partial charge in [-0.1, -0.05) is 33.6 Å². The number of likely N-dealkylation sites (N-methyl/N-ethyl adjacent to an activating group) is 1. The van der Waals surface area contributed by atoms with Crippen LogP contribution in [-0.2, 0) is 11.2 Å². The summed E-state index contributed by atoms with van der Waals surface area (Å²) in [5.74, 6) is 0.145. The van der Waals surface area contributed by atoms with Gasteiger partial charge in [0.25, 0.3) is 0 Å². The summed E-state index contributed by atoms with van der Waals surface area (Å²) in [7, 11) is 1.88. The molecule has 0 bridgehead atoms. The molecule has 2 rings (SSSR count). The minimum absolute atomic E-state index is 0.145. The van der Waals surface area contributed by atoms with Gasteiger partial charge in [-0.2, -0.15) is 0 Å². The van der Waals surface area contributed by atoms with Gasteiger partial charge in [0, 0.05) is 29.1 Å². The summed E-state index contributed by atoms with van der Waals surface area (Å²) >= 11 is 9.33. The highest BCUT2D eigenvalue weighted by atomic mass is 79.9. The minimum atomic E-state index is 0.145. The normalized spacial score (nSPS) is 18.9. The van der Waals surface area contributed by atoms with Crippen LogP contribution in [0.5, 0.6) is 0 Å². The van der Waals surface area contributed by atoms with Gasteiger partial charge >= 0.3 is 0 Å². The number of nitrogens with one attached hydrogen (secondary N) is 1. The van der Waals surface area contributed by atoms with E-state index in [1.54, 1.807) is 0 Å². The Morgan fingerprint density at radius 1 is 1.61 bits per heavy atom. The minimum Gasteiger partial charge on any atom is -0.341 e. The summed E-state index contributed by atoms with van der Waals surface area (Å²) in [6, 6.07) is 5.85. The van der Waals surface area contributed by atoms with Crippen LogP contribution in [0.25, 0.3) is 0 Å². The van der Waals surface area contributed by atoms with E-state index >= 15 is 0 Å². The first-order valence-electron chi connectivity index (χ1n) is 5.98. The molecule has 98 valence electrons. The van der Waals surface area contributed by atoms with E-state index in [9.17, 15) is 4.79 Å². The SMILES string of the molecule is CN(C(=O)Cc1ccc(Cl)cc1Br)[C@@H]1CCNC1. The van der Waals surface area contributed by atoms with Crippen LogP contribution in [-0.4, -0.2) is 37.0 Å². The lowest BCUT2D eigenvalue weighted by Crippen LogP contribution is -2.39. The zero-order chi connectivity index (χ0) is 13.1. The molecule has 0 radical (unpaired) electrons. The van der Waals surface area contributed by atoms with Crippen LogP contribution in [0.15, 0.2) is 22.7 Å². The smallest absolute Gasteiger partial charge is 0.227 e.